The van der Waals surface area contributed by atoms with Crippen molar-refractivity contribution in [1.29, 1.82) is 0 Å². The van der Waals surface area contributed by atoms with E-state index in [1.807, 2.05) is 18.9 Å². The predicted molar refractivity (Wildman–Crippen MR) is 54.6 cm³/mol. The summed E-state index contributed by atoms with van der Waals surface area (Å²) in [6.45, 7) is 4.62. The average Bonchev–Trinajstić information content (AvgIpc) is 2.49. The van der Waals surface area contributed by atoms with Crippen LogP contribution in [0.3, 0.4) is 0 Å². The van der Waals surface area contributed by atoms with Crippen molar-refractivity contribution in [1.82, 2.24) is 5.27 Å². The number of H-pyrrole nitrogens is 1. The van der Waals surface area contributed by atoms with E-state index in [9.17, 15) is 9.00 Å². The smallest absolute Gasteiger partial charge is 0.281 e. The summed E-state index contributed by atoms with van der Waals surface area (Å²) in [5.41, 5.74) is -0.668. The van der Waals surface area contributed by atoms with E-state index >= 15 is 0 Å². The predicted octanol–water partition coefficient (Wildman–Crippen LogP) is -1.27. The molecule has 6 nitrogen and oxygen atoms in total. The van der Waals surface area contributed by atoms with Crippen molar-refractivity contribution in [2.75, 3.05) is 23.1 Å². The zero-order valence-corrected chi connectivity index (χ0v) is 9.54. The van der Waals surface area contributed by atoms with Crippen LogP contribution in [0.4, 0.5) is 0 Å². The molecular weight excluding hydrogens is 218 g/mol. The molecule has 1 fully saturated rings. The molecule has 2 rings (SSSR count). The lowest BCUT2D eigenvalue weighted by Gasteiger charge is -2.35. The van der Waals surface area contributed by atoms with Gasteiger partial charge in [0.15, 0.2) is 0 Å². The highest BCUT2D eigenvalue weighted by Crippen LogP contribution is 2.15. The third kappa shape index (κ3) is 1.97. The Kier molecular flexibility index (Phi) is 2.41. The minimum Gasteiger partial charge on any atom is -0.281 e. The van der Waals surface area contributed by atoms with Gasteiger partial charge in [-0.3, -0.25) is 8.73 Å². The summed E-state index contributed by atoms with van der Waals surface area (Å²) in [7, 11) is -0.775. The second-order valence-corrected chi connectivity index (χ2v) is 5.79. The van der Waals surface area contributed by atoms with Gasteiger partial charge in [-0.1, -0.05) is 0 Å². The van der Waals surface area contributed by atoms with E-state index in [0.29, 0.717) is 18.1 Å². The molecule has 0 bridgehead atoms. The van der Waals surface area contributed by atoms with Crippen LogP contribution in [0.15, 0.2) is 15.5 Å². The third-order valence-corrected chi connectivity index (χ3v) is 4.14. The largest absolute Gasteiger partial charge is 0.430 e. The Bertz CT molecular complexity index is 436. The summed E-state index contributed by atoms with van der Waals surface area (Å²) in [4.78, 5) is 12.4. The Labute approximate surface area is 89.2 Å². The lowest BCUT2D eigenvalue weighted by molar-refractivity contribution is -0.765. The average molecular weight is 232 g/mol. The summed E-state index contributed by atoms with van der Waals surface area (Å²) in [5, 5.41) is 4.45. The monoisotopic (exact) mass is 232 g/mol. The van der Waals surface area contributed by atoms with Gasteiger partial charge in [0.1, 0.15) is 5.54 Å². The minimum absolute atomic E-state index is 0.249. The molecule has 1 unspecified atom stereocenters. The van der Waals surface area contributed by atoms with Gasteiger partial charge in [-0.2, -0.15) is 0 Å². The zero-order valence-electron chi connectivity index (χ0n) is 8.73. The number of nitrogens with zero attached hydrogens (tertiary/aromatic N) is 2. The Morgan fingerprint density at radius 3 is 2.93 bits per heavy atom. The summed E-state index contributed by atoms with van der Waals surface area (Å²) in [6.07, 6.45) is 1.34. The molecule has 1 saturated heterocycles. The van der Waals surface area contributed by atoms with Crippen LogP contribution in [-0.4, -0.2) is 33.1 Å². The first-order valence-electron chi connectivity index (χ1n) is 4.72. The number of aromatic nitrogens is 2. The fourth-order valence-corrected chi connectivity index (χ4v) is 3.25. The van der Waals surface area contributed by atoms with Gasteiger partial charge in [-0.05, 0) is 13.8 Å². The maximum absolute atomic E-state index is 11.4. The van der Waals surface area contributed by atoms with Crippen molar-refractivity contribution in [3.05, 3.63) is 16.6 Å². The summed E-state index contributed by atoms with van der Waals surface area (Å²) in [5.74, 6) is 1.21. The second-order valence-electron chi connectivity index (χ2n) is 4.21. The Morgan fingerprint density at radius 1 is 1.67 bits per heavy atom. The van der Waals surface area contributed by atoms with Crippen molar-refractivity contribution in [3.8, 4) is 0 Å². The van der Waals surface area contributed by atoms with E-state index in [1.165, 1.54) is 11.0 Å². The maximum atomic E-state index is 11.4. The molecule has 1 atom stereocenters. The van der Waals surface area contributed by atoms with Crippen LogP contribution in [0, 0.1) is 0 Å². The van der Waals surface area contributed by atoms with Gasteiger partial charge in [-0.15, -0.1) is 5.01 Å². The molecule has 0 amide bonds. The van der Waals surface area contributed by atoms with Crippen LogP contribution < -0.4 is 15.4 Å². The fourth-order valence-electron chi connectivity index (χ4n) is 1.79. The summed E-state index contributed by atoms with van der Waals surface area (Å²) >= 11 is 0. The van der Waals surface area contributed by atoms with Crippen molar-refractivity contribution in [2.24, 2.45) is 0 Å². The molecule has 1 N–H and O–H groups in total. The highest BCUT2D eigenvalue weighted by Gasteiger charge is 2.40. The van der Waals surface area contributed by atoms with Crippen LogP contribution in [0.25, 0.3) is 0 Å². The molecule has 0 aromatic carbocycles. The second kappa shape index (κ2) is 3.48. The van der Waals surface area contributed by atoms with E-state index in [2.05, 4.69) is 9.79 Å². The van der Waals surface area contributed by atoms with E-state index in [4.69, 9.17) is 0 Å². The standard InChI is InChI=1S/C8H13N3O3S/c1-8(2)6-15(13)4-3-10(8)11-5-7(12)14-9-11/h5H,3-4,6H2,1-2H3/p+1. The van der Waals surface area contributed by atoms with Crippen LogP contribution in [0.5, 0.6) is 0 Å². The van der Waals surface area contributed by atoms with E-state index < -0.39 is 16.4 Å². The maximum Gasteiger partial charge on any atom is 0.430 e. The third-order valence-electron chi connectivity index (χ3n) is 2.47. The van der Waals surface area contributed by atoms with Crippen molar-refractivity contribution < 1.29 is 13.5 Å². The van der Waals surface area contributed by atoms with E-state index in [1.54, 1.807) is 0 Å². The SMILES string of the molecule is CC1(C)CS(=O)CCN1[n+]1cc(=O)o[nH]1. The molecule has 1 aliphatic rings. The lowest BCUT2D eigenvalue weighted by Crippen LogP contribution is -2.72. The number of aromatic amines is 1. The van der Waals surface area contributed by atoms with Crippen LogP contribution in [0.1, 0.15) is 13.8 Å². The van der Waals surface area contributed by atoms with Crippen molar-refractivity contribution in [3.63, 3.8) is 0 Å². The normalized spacial score (nSPS) is 25.5. The minimum atomic E-state index is -0.775. The van der Waals surface area contributed by atoms with Crippen LogP contribution in [-0.2, 0) is 10.8 Å². The number of rotatable bonds is 1. The molecular formula is C8H14N3O3S+. The van der Waals surface area contributed by atoms with Gasteiger partial charge in [0.25, 0.3) is 0 Å². The van der Waals surface area contributed by atoms with Crippen LogP contribution >= 0.6 is 0 Å². The highest BCUT2D eigenvalue weighted by molar-refractivity contribution is 7.85. The van der Waals surface area contributed by atoms with Crippen molar-refractivity contribution >= 4 is 10.8 Å². The molecule has 0 spiro atoms. The number of nitrogens with one attached hydrogen (secondary N) is 1. The summed E-state index contributed by atoms with van der Waals surface area (Å²) in [6, 6.07) is 0. The first kappa shape index (κ1) is 10.4. The first-order chi connectivity index (χ1) is 6.99. The van der Waals surface area contributed by atoms with E-state index in [0.717, 1.165) is 0 Å². The van der Waals surface area contributed by atoms with Crippen LogP contribution in [0.2, 0.25) is 0 Å². The Morgan fingerprint density at radius 2 is 2.40 bits per heavy atom. The highest BCUT2D eigenvalue weighted by atomic mass is 32.2. The topological polar surface area (TPSA) is 70.2 Å². The molecule has 0 aliphatic carbocycles. The van der Waals surface area contributed by atoms with Gasteiger partial charge < -0.3 is 0 Å². The van der Waals surface area contributed by atoms with Gasteiger partial charge >= 0.3 is 11.8 Å². The molecule has 1 aromatic heterocycles. The summed E-state index contributed by atoms with van der Waals surface area (Å²) < 4.78 is 16.0. The van der Waals surface area contributed by atoms with Gasteiger partial charge in [0.2, 0.25) is 0 Å². The molecule has 1 aliphatic heterocycles. The Hall–Kier alpha value is -1.11. The Balaban J connectivity index is 2.29. The molecule has 2 heterocycles. The zero-order chi connectivity index (χ0) is 11.1. The number of hydrogen-bond acceptors (Lipinski definition) is 4. The van der Waals surface area contributed by atoms with E-state index in [-0.39, 0.29) is 5.54 Å². The van der Waals surface area contributed by atoms with Gasteiger partial charge in [-0.25, -0.2) is 4.79 Å². The van der Waals surface area contributed by atoms with Gasteiger partial charge in [0.05, 0.1) is 12.3 Å². The molecule has 1 aromatic rings. The molecule has 0 saturated carbocycles. The van der Waals surface area contributed by atoms with Gasteiger partial charge in [0, 0.05) is 26.6 Å². The molecule has 15 heavy (non-hydrogen) atoms. The first-order valence-corrected chi connectivity index (χ1v) is 6.21. The lowest BCUT2D eigenvalue weighted by atomic mass is 10.1. The van der Waals surface area contributed by atoms with Crippen molar-refractivity contribution in [2.45, 2.75) is 19.4 Å². The molecule has 0 radical (unpaired) electrons. The quantitative estimate of drug-likeness (QED) is 0.613. The molecule has 84 valence electrons. The number of hydrogen-bond donors (Lipinski definition) is 1. The molecule has 7 heteroatoms. The fraction of sp³-hybridized carbons (Fsp3) is 0.750.